The molecule has 104 valence electrons. The predicted octanol–water partition coefficient (Wildman–Crippen LogP) is 1.78. The number of carbonyl (C=O) groups excluding carboxylic acids is 1. The fraction of sp³-hybridized carbons (Fsp3) is 0.0714. The van der Waals surface area contributed by atoms with Crippen molar-refractivity contribution in [2.75, 3.05) is 0 Å². The summed E-state index contributed by atoms with van der Waals surface area (Å²) in [6.07, 6.45) is 2.30. The van der Waals surface area contributed by atoms with E-state index in [0.717, 1.165) is 18.2 Å². The molecular weight excluding hydrogens is 264 g/mol. The number of benzene rings is 1. The molecule has 4 N–H and O–H groups in total. The van der Waals surface area contributed by atoms with Crippen LogP contribution >= 0.6 is 0 Å². The van der Waals surface area contributed by atoms with Crippen LogP contribution in [0.4, 0.5) is 0 Å². The summed E-state index contributed by atoms with van der Waals surface area (Å²) in [6, 6.07) is 4.96. The molecule has 2 rings (SSSR count). The second-order valence-electron chi connectivity index (χ2n) is 4.02. The zero-order valence-electron chi connectivity index (χ0n) is 10.3. The Morgan fingerprint density at radius 3 is 2.35 bits per heavy atom. The van der Waals surface area contributed by atoms with E-state index >= 15 is 0 Å². The molecule has 0 atom stereocenters. The van der Waals surface area contributed by atoms with Gasteiger partial charge in [0, 0.05) is 12.1 Å². The average molecular weight is 276 g/mol. The van der Waals surface area contributed by atoms with Gasteiger partial charge in [-0.3, -0.25) is 4.79 Å². The van der Waals surface area contributed by atoms with Crippen LogP contribution < -0.4 is 0 Å². The van der Waals surface area contributed by atoms with Gasteiger partial charge in [-0.25, -0.2) is 0 Å². The fourth-order valence-corrected chi connectivity index (χ4v) is 1.62. The molecule has 0 saturated heterocycles. The number of hydrogen-bond acceptors (Lipinski definition) is 6. The minimum absolute atomic E-state index is 0.00471. The topological polar surface area (TPSA) is 111 Å². The third-order valence-electron chi connectivity index (χ3n) is 2.58. The number of hydrogen-bond donors (Lipinski definition) is 4. The zero-order chi connectivity index (χ0) is 14.7. The Morgan fingerprint density at radius 1 is 1.15 bits per heavy atom. The first-order chi connectivity index (χ1) is 9.51. The Labute approximate surface area is 113 Å². The second-order valence-corrected chi connectivity index (χ2v) is 4.02. The number of rotatable bonds is 4. The molecule has 6 heteroatoms. The van der Waals surface area contributed by atoms with E-state index < -0.39 is 5.78 Å². The average Bonchev–Trinajstić information content (AvgIpc) is 2.86. The fourth-order valence-electron chi connectivity index (χ4n) is 1.62. The molecular formula is C14H12O6. The van der Waals surface area contributed by atoms with Crippen LogP contribution in [0.25, 0.3) is 6.08 Å². The molecule has 0 unspecified atom stereocenters. The molecule has 1 aromatic carbocycles. The Morgan fingerprint density at radius 2 is 1.80 bits per heavy atom. The summed E-state index contributed by atoms with van der Waals surface area (Å²) >= 11 is 0. The summed E-state index contributed by atoms with van der Waals surface area (Å²) in [5.74, 6) is -1.21. The largest absolute Gasteiger partial charge is 0.508 e. The Bertz CT molecular complexity index is 645. The van der Waals surface area contributed by atoms with Crippen molar-refractivity contribution >= 4 is 11.9 Å². The van der Waals surface area contributed by atoms with E-state index in [1.165, 1.54) is 18.2 Å². The molecule has 0 saturated carbocycles. The highest BCUT2D eigenvalue weighted by Crippen LogP contribution is 2.32. The van der Waals surface area contributed by atoms with Crippen LogP contribution in [0.5, 0.6) is 17.2 Å². The number of furan rings is 1. The first-order valence-electron chi connectivity index (χ1n) is 5.68. The van der Waals surface area contributed by atoms with Crippen LogP contribution in [-0.4, -0.2) is 26.2 Å². The molecule has 1 heterocycles. The van der Waals surface area contributed by atoms with Crippen LogP contribution in [0.2, 0.25) is 0 Å². The van der Waals surface area contributed by atoms with E-state index in [9.17, 15) is 15.0 Å². The van der Waals surface area contributed by atoms with Gasteiger partial charge in [0.05, 0.1) is 5.56 Å². The summed E-state index contributed by atoms with van der Waals surface area (Å²) in [5.41, 5.74) is 0.00471. The van der Waals surface area contributed by atoms with Crippen LogP contribution in [0.15, 0.2) is 34.8 Å². The molecule has 0 aliphatic rings. The molecule has 0 bridgehead atoms. The van der Waals surface area contributed by atoms with Crippen molar-refractivity contribution < 1.29 is 29.6 Å². The molecule has 20 heavy (non-hydrogen) atoms. The van der Waals surface area contributed by atoms with Gasteiger partial charge < -0.3 is 24.8 Å². The highest BCUT2D eigenvalue weighted by atomic mass is 16.4. The number of carbonyl (C=O) groups is 1. The third kappa shape index (κ3) is 2.81. The lowest BCUT2D eigenvalue weighted by molar-refractivity contribution is 0.101. The van der Waals surface area contributed by atoms with Gasteiger partial charge in [-0.1, -0.05) is 0 Å². The number of phenolic OH excluding ortho intramolecular Hbond substituents is 3. The number of ketones is 1. The molecule has 0 amide bonds. The van der Waals surface area contributed by atoms with Crippen LogP contribution in [-0.2, 0) is 6.61 Å². The summed E-state index contributed by atoms with van der Waals surface area (Å²) in [5, 5.41) is 37.1. The minimum Gasteiger partial charge on any atom is -0.508 e. The van der Waals surface area contributed by atoms with Crippen LogP contribution in [0.1, 0.15) is 21.9 Å². The zero-order valence-corrected chi connectivity index (χ0v) is 10.3. The Kier molecular flexibility index (Phi) is 3.76. The quantitative estimate of drug-likeness (QED) is 0.500. The lowest BCUT2D eigenvalue weighted by atomic mass is 10.1. The third-order valence-corrected chi connectivity index (χ3v) is 2.58. The van der Waals surface area contributed by atoms with Crippen molar-refractivity contribution in [2.45, 2.75) is 6.61 Å². The predicted molar refractivity (Wildman–Crippen MR) is 69.4 cm³/mol. The number of phenols is 3. The van der Waals surface area contributed by atoms with E-state index in [0.29, 0.717) is 0 Å². The monoisotopic (exact) mass is 276 g/mol. The Balaban J connectivity index is 2.23. The van der Waals surface area contributed by atoms with Gasteiger partial charge in [0.2, 0.25) is 5.78 Å². The van der Waals surface area contributed by atoms with Gasteiger partial charge in [-0.15, -0.1) is 0 Å². The highest BCUT2D eigenvalue weighted by molar-refractivity contribution is 6.05. The lowest BCUT2D eigenvalue weighted by Crippen LogP contribution is -1.91. The minimum atomic E-state index is -0.489. The van der Waals surface area contributed by atoms with Gasteiger partial charge in [-0.05, 0) is 24.3 Å². The van der Waals surface area contributed by atoms with Crippen molar-refractivity contribution in [3.05, 3.63) is 47.4 Å². The van der Waals surface area contributed by atoms with Crippen molar-refractivity contribution in [1.82, 2.24) is 0 Å². The van der Waals surface area contributed by atoms with E-state index in [1.807, 2.05) is 0 Å². The summed E-state index contributed by atoms with van der Waals surface area (Å²) in [4.78, 5) is 11.8. The molecule has 2 aromatic rings. The molecule has 6 nitrogen and oxygen atoms in total. The van der Waals surface area contributed by atoms with Crippen LogP contribution in [0.3, 0.4) is 0 Å². The number of aromatic hydroxyl groups is 3. The smallest absolute Gasteiger partial charge is 0.221 e. The second kappa shape index (κ2) is 5.50. The first-order valence-corrected chi connectivity index (χ1v) is 5.68. The molecule has 0 radical (unpaired) electrons. The van der Waals surface area contributed by atoms with Gasteiger partial charge in [0.15, 0.2) is 5.76 Å². The molecule has 0 spiro atoms. The SMILES string of the molecule is O=C(C=Cc1c(O)cc(O)cc1O)c1ccc(CO)o1. The number of aliphatic hydroxyl groups is 1. The summed E-state index contributed by atoms with van der Waals surface area (Å²) in [6.45, 7) is -0.309. The summed E-state index contributed by atoms with van der Waals surface area (Å²) < 4.78 is 5.05. The highest BCUT2D eigenvalue weighted by Gasteiger charge is 2.10. The molecule has 0 aliphatic heterocycles. The van der Waals surface area contributed by atoms with E-state index in [1.54, 1.807) is 0 Å². The van der Waals surface area contributed by atoms with E-state index in [-0.39, 0.29) is 40.9 Å². The molecule has 0 aliphatic carbocycles. The van der Waals surface area contributed by atoms with Gasteiger partial charge in [-0.2, -0.15) is 0 Å². The van der Waals surface area contributed by atoms with Crippen molar-refractivity contribution in [2.24, 2.45) is 0 Å². The van der Waals surface area contributed by atoms with Crippen LogP contribution in [0, 0.1) is 0 Å². The van der Waals surface area contributed by atoms with Gasteiger partial charge in [0.25, 0.3) is 0 Å². The maximum Gasteiger partial charge on any atom is 0.221 e. The van der Waals surface area contributed by atoms with E-state index in [4.69, 9.17) is 14.6 Å². The van der Waals surface area contributed by atoms with E-state index in [2.05, 4.69) is 0 Å². The number of aliphatic hydroxyl groups excluding tert-OH is 1. The van der Waals surface area contributed by atoms with Gasteiger partial charge >= 0.3 is 0 Å². The van der Waals surface area contributed by atoms with Crippen molar-refractivity contribution in [3.63, 3.8) is 0 Å². The van der Waals surface area contributed by atoms with Gasteiger partial charge in [0.1, 0.15) is 29.6 Å². The normalized spacial score (nSPS) is 11.1. The molecule has 0 fully saturated rings. The summed E-state index contributed by atoms with van der Waals surface area (Å²) in [7, 11) is 0. The maximum atomic E-state index is 11.8. The standard InChI is InChI=1S/C14H12O6/c15-7-9-1-4-14(20-9)11(17)3-2-10-12(18)5-8(16)6-13(10)19/h1-6,15-16,18-19H,7H2. The Hall–Kier alpha value is -2.73. The first kappa shape index (κ1) is 13.7. The van der Waals surface area contributed by atoms with Crippen molar-refractivity contribution in [3.8, 4) is 17.2 Å². The molecule has 1 aromatic heterocycles. The van der Waals surface area contributed by atoms with Crippen molar-refractivity contribution in [1.29, 1.82) is 0 Å². The number of allylic oxidation sites excluding steroid dienone is 1. The lowest BCUT2D eigenvalue weighted by Gasteiger charge is -2.03. The maximum absolute atomic E-state index is 11.8.